The van der Waals surface area contributed by atoms with E-state index in [2.05, 4.69) is 10.6 Å². The van der Waals surface area contributed by atoms with E-state index in [9.17, 15) is 4.79 Å². The molecule has 0 aromatic carbocycles. The third-order valence-electron chi connectivity index (χ3n) is 2.47. The summed E-state index contributed by atoms with van der Waals surface area (Å²) in [5, 5.41) is 6.33. The lowest BCUT2D eigenvalue weighted by Crippen LogP contribution is -2.36. The lowest BCUT2D eigenvalue weighted by atomic mass is 10.2. The molecular weight excluding hydrogens is 251 g/mol. The summed E-state index contributed by atoms with van der Waals surface area (Å²) in [7, 11) is 0. The summed E-state index contributed by atoms with van der Waals surface area (Å²) < 4.78 is 4.99. The molecule has 90 valence electrons. The van der Waals surface area contributed by atoms with Crippen molar-refractivity contribution in [2.24, 2.45) is 0 Å². The minimum absolute atomic E-state index is 0. The van der Waals surface area contributed by atoms with Crippen LogP contribution in [0.4, 0.5) is 0 Å². The fourth-order valence-corrected chi connectivity index (χ4v) is 1.82. The number of carbonyl (C=O) groups is 1. The molecule has 1 unspecified atom stereocenters. The van der Waals surface area contributed by atoms with Crippen LogP contribution in [0.15, 0.2) is 16.5 Å². The molecule has 1 fully saturated rings. The Balaban J connectivity index is 0.00000128. The second-order valence-electron chi connectivity index (χ2n) is 3.61. The zero-order valence-electron chi connectivity index (χ0n) is 8.66. The SMILES string of the molecule is Cl.O=C(NCC1CCCN1)c1ccc(Cl)o1. The maximum absolute atomic E-state index is 11.5. The normalized spacial score (nSPS) is 19.2. The van der Waals surface area contributed by atoms with Crippen molar-refractivity contribution in [1.29, 1.82) is 0 Å². The third-order valence-corrected chi connectivity index (χ3v) is 2.67. The summed E-state index contributed by atoms with van der Waals surface area (Å²) in [6.07, 6.45) is 2.28. The molecule has 1 aromatic heterocycles. The molecule has 2 N–H and O–H groups in total. The number of carbonyl (C=O) groups excluding carboxylic acids is 1. The van der Waals surface area contributed by atoms with Crippen molar-refractivity contribution in [3.05, 3.63) is 23.1 Å². The van der Waals surface area contributed by atoms with E-state index in [4.69, 9.17) is 16.0 Å². The van der Waals surface area contributed by atoms with E-state index in [1.54, 1.807) is 12.1 Å². The van der Waals surface area contributed by atoms with Crippen LogP contribution in [0.25, 0.3) is 0 Å². The molecule has 0 saturated carbocycles. The van der Waals surface area contributed by atoms with Gasteiger partial charge in [0.05, 0.1) is 0 Å². The molecule has 1 amide bonds. The summed E-state index contributed by atoms with van der Waals surface area (Å²) in [6, 6.07) is 3.52. The molecule has 4 nitrogen and oxygen atoms in total. The summed E-state index contributed by atoms with van der Waals surface area (Å²) in [5.74, 6) is 0.0496. The van der Waals surface area contributed by atoms with Crippen molar-refractivity contribution < 1.29 is 9.21 Å². The van der Waals surface area contributed by atoms with Crippen LogP contribution < -0.4 is 10.6 Å². The second-order valence-corrected chi connectivity index (χ2v) is 3.98. The van der Waals surface area contributed by atoms with Crippen LogP contribution in [-0.2, 0) is 0 Å². The van der Waals surface area contributed by atoms with Gasteiger partial charge in [0.2, 0.25) is 0 Å². The molecule has 0 radical (unpaired) electrons. The number of hydrogen-bond acceptors (Lipinski definition) is 3. The first kappa shape index (κ1) is 13.4. The van der Waals surface area contributed by atoms with Crippen LogP contribution in [-0.4, -0.2) is 25.0 Å². The Morgan fingerprint density at radius 1 is 1.62 bits per heavy atom. The Morgan fingerprint density at radius 3 is 3.00 bits per heavy atom. The maximum atomic E-state index is 11.5. The van der Waals surface area contributed by atoms with Gasteiger partial charge in [-0.3, -0.25) is 4.79 Å². The number of nitrogens with one attached hydrogen (secondary N) is 2. The van der Waals surface area contributed by atoms with Crippen LogP contribution in [0.1, 0.15) is 23.4 Å². The van der Waals surface area contributed by atoms with E-state index >= 15 is 0 Å². The monoisotopic (exact) mass is 264 g/mol. The Bertz CT molecular complexity index is 348. The molecule has 2 rings (SSSR count). The highest BCUT2D eigenvalue weighted by Crippen LogP contribution is 2.12. The average Bonchev–Trinajstić information content (AvgIpc) is 2.84. The summed E-state index contributed by atoms with van der Waals surface area (Å²) in [5.41, 5.74) is 0. The van der Waals surface area contributed by atoms with Gasteiger partial charge in [-0.2, -0.15) is 0 Å². The van der Waals surface area contributed by atoms with Crippen molar-refractivity contribution in [3.63, 3.8) is 0 Å². The highest BCUT2D eigenvalue weighted by Gasteiger charge is 2.16. The summed E-state index contributed by atoms with van der Waals surface area (Å²) >= 11 is 5.57. The van der Waals surface area contributed by atoms with Gasteiger partial charge in [-0.25, -0.2) is 0 Å². The summed E-state index contributed by atoms with van der Waals surface area (Å²) in [6.45, 7) is 1.67. The smallest absolute Gasteiger partial charge is 0.287 e. The van der Waals surface area contributed by atoms with E-state index in [1.165, 1.54) is 6.42 Å². The van der Waals surface area contributed by atoms with Crippen LogP contribution in [0.5, 0.6) is 0 Å². The van der Waals surface area contributed by atoms with E-state index in [1.807, 2.05) is 0 Å². The quantitative estimate of drug-likeness (QED) is 0.876. The van der Waals surface area contributed by atoms with Crippen molar-refractivity contribution in [3.8, 4) is 0 Å². The zero-order valence-corrected chi connectivity index (χ0v) is 10.2. The van der Waals surface area contributed by atoms with Gasteiger partial charge in [0.1, 0.15) is 0 Å². The van der Waals surface area contributed by atoms with E-state index < -0.39 is 0 Å². The summed E-state index contributed by atoms with van der Waals surface area (Å²) in [4.78, 5) is 11.5. The Kier molecular flexibility index (Phi) is 5.12. The predicted molar refractivity (Wildman–Crippen MR) is 64.3 cm³/mol. The topological polar surface area (TPSA) is 54.3 Å². The Hall–Kier alpha value is -0.710. The van der Waals surface area contributed by atoms with E-state index in [0.29, 0.717) is 12.6 Å². The van der Waals surface area contributed by atoms with Gasteiger partial charge in [-0.15, -0.1) is 12.4 Å². The van der Waals surface area contributed by atoms with Crippen molar-refractivity contribution >= 4 is 29.9 Å². The maximum Gasteiger partial charge on any atom is 0.287 e. The van der Waals surface area contributed by atoms with Crippen LogP contribution in [0.2, 0.25) is 5.22 Å². The molecule has 0 aliphatic carbocycles. The van der Waals surface area contributed by atoms with Crippen LogP contribution >= 0.6 is 24.0 Å². The minimum atomic E-state index is -0.212. The van der Waals surface area contributed by atoms with Crippen molar-refractivity contribution in [1.82, 2.24) is 10.6 Å². The van der Waals surface area contributed by atoms with Crippen LogP contribution in [0.3, 0.4) is 0 Å². The number of halogens is 2. The van der Waals surface area contributed by atoms with Gasteiger partial charge in [-0.1, -0.05) is 0 Å². The molecule has 2 heterocycles. The molecule has 0 spiro atoms. The number of furan rings is 1. The molecular formula is C10H14Cl2N2O2. The largest absolute Gasteiger partial charge is 0.440 e. The van der Waals surface area contributed by atoms with Gasteiger partial charge in [0, 0.05) is 12.6 Å². The molecule has 1 saturated heterocycles. The average molecular weight is 265 g/mol. The molecule has 1 aromatic rings. The van der Waals surface area contributed by atoms with Crippen LogP contribution in [0, 0.1) is 0 Å². The fourth-order valence-electron chi connectivity index (χ4n) is 1.67. The predicted octanol–water partition coefficient (Wildman–Crippen LogP) is 1.84. The number of rotatable bonds is 3. The second kappa shape index (κ2) is 6.13. The highest BCUT2D eigenvalue weighted by molar-refractivity contribution is 6.29. The van der Waals surface area contributed by atoms with Crippen molar-refractivity contribution in [2.45, 2.75) is 18.9 Å². The van der Waals surface area contributed by atoms with E-state index in [-0.39, 0.29) is 29.3 Å². The Morgan fingerprint density at radius 2 is 2.44 bits per heavy atom. The number of hydrogen-bond donors (Lipinski definition) is 2. The molecule has 0 bridgehead atoms. The lowest BCUT2D eigenvalue weighted by Gasteiger charge is -2.10. The zero-order chi connectivity index (χ0) is 10.7. The van der Waals surface area contributed by atoms with Gasteiger partial charge in [0.25, 0.3) is 5.91 Å². The lowest BCUT2D eigenvalue weighted by molar-refractivity contribution is 0.0922. The van der Waals surface area contributed by atoms with Gasteiger partial charge in [-0.05, 0) is 43.1 Å². The first-order valence-corrected chi connectivity index (χ1v) is 5.40. The van der Waals surface area contributed by atoms with Gasteiger partial charge in [0.15, 0.2) is 11.0 Å². The first-order valence-electron chi connectivity index (χ1n) is 5.02. The van der Waals surface area contributed by atoms with E-state index in [0.717, 1.165) is 13.0 Å². The minimum Gasteiger partial charge on any atom is -0.440 e. The molecule has 16 heavy (non-hydrogen) atoms. The standard InChI is InChI=1S/C10H13ClN2O2.ClH/c11-9-4-3-8(15-9)10(14)13-6-7-2-1-5-12-7;/h3-4,7,12H,1-2,5-6H2,(H,13,14);1H. The Labute approximate surface area is 105 Å². The van der Waals surface area contributed by atoms with Gasteiger partial charge >= 0.3 is 0 Å². The molecule has 1 atom stereocenters. The molecule has 6 heteroatoms. The molecule has 1 aliphatic heterocycles. The first-order chi connectivity index (χ1) is 7.25. The van der Waals surface area contributed by atoms with Crippen molar-refractivity contribution in [2.75, 3.05) is 13.1 Å². The highest BCUT2D eigenvalue weighted by atomic mass is 35.5. The third kappa shape index (κ3) is 3.40. The van der Waals surface area contributed by atoms with Gasteiger partial charge < -0.3 is 15.1 Å². The fraction of sp³-hybridized carbons (Fsp3) is 0.500. The molecule has 1 aliphatic rings. The number of amides is 1.